The van der Waals surface area contributed by atoms with E-state index in [0.717, 1.165) is 0 Å². The van der Waals surface area contributed by atoms with E-state index in [9.17, 15) is 0 Å². The molecule has 0 atom stereocenters. The molecule has 0 aliphatic rings. The van der Waals surface area contributed by atoms with Crippen molar-refractivity contribution in [3.8, 4) is 0 Å². The van der Waals surface area contributed by atoms with Crippen LogP contribution in [-0.2, 0) is 9.78 Å². The largest absolute Gasteiger partial charge is 0.232 e. The Morgan fingerprint density at radius 2 is 1.17 bits per heavy atom. The standard InChI is InChI=1S/C10H18O2/c1-9(2)5-7-11-12-8-6-10(3)4/h5-6H,7-8H2,1-4H3. The smallest absolute Gasteiger partial charge is 0.101 e. The molecule has 0 saturated heterocycles. The van der Waals surface area contributed by atoms with Crippen LogP contribution in [0.4, 0.5) is 0 Å². The van der Waals surface area contributed by atoms with Crippen LogP contribution >= 0.6 is 0 Å². The molecule has 0 aromatic heterocycles. The van der Waals surface area contributed by atoms with E-state index in [1.165, 1.54) is 11.1 Å². The molecule has 0 aromatic carbocycles. The molecule has 0 aliphatic heterocycles. The predicted molar refractivity (Wildman–Crippen MR) is 50.8 cm³/mol. The van der Waals surface area contributed by atoms with Gasteiger partial charge in [-0.15, -0.1) is 0 Å². The normalized spacial score (nSPS) is 9.33. The van der Waals surface area contributed by atoms with Crippen LogP contribution in [0.3, 0.4) is 0 Å². The molecule has 0 unspecified atom stereocenters. The lowest BCUT2D eigenvalue weighted by Crippen LogP contribution is -1.94. The van der Waals surface area contributed by atoms with Crippen LogP contribution in [-0.4, -0.2) is 13.2 Å². The van der Waals surface area contributed by atoms with Crippen LogP contribution in [0.2, 0.25) is 0 Å². The lowest BCUT2D eigenvalue weighted by atomic mass is 10.3. The second-order valence-electron chi connectivity index (χ2n) is 3.13. The molecule has 0 saturated carbocycles. The molecule has 0 aromatic rings. The second-order valence-corrected chi connectivity index (χ2v) is 3.13. The number of hydrogen-bond donors (Lipinski definition) is 0. The van der Waals surface area contributed by atoms with Gasteiger partial charge in [-0.25, -0.2) is 9.78 Å². The van der Waals surface area contributed by atoms with Crippen molar-refractivity contribution in [2.75, 3.05) is 13.2 Å². The molecule has 12 heavy (non-hydrogen) atoms. The molecule has 0 fully saturated rings. The summed E-state index contributed by atoms with van der Waals surface area (Å²) >= 11 is 0. The third-order valence-corrected chi connectivity index (χ3v) is 1.20. The van der Waals surface area contributed by atoms with Crippen molar-refractivity contribution < 1.29 is 9.78 Å². The van der Waals surface area contributed by atoms with Gasteiger partial charge in [0.05, 0.1) is 0 Å². The first-order valence-electron chi connectivity index (χ1n) is 4.14. The Morgan fingerprint density at radius 1 is 0.833 bits per heavy atom. The molecular formula is C10H18O2. The van der Waals surface area contributed by atoms with Crippen LogP contribution in [0.15, 0.2) is 23.3 Å². The van der Waals surface area contributed by atoms with Gasteiger partial charge in [0.2, 0.25) is 0 Å². The summed E-state index contributed by atoms with van der Waals surface area (Å²) in [4.78, 5) is 9.75. The minimum absolute atomic E-state index is 0.527. The van der Waals surface area contributed by atoms with Gasteiger partial charge in [0.1, 0.15) is 13.2 Å². The second kappa shape index (κ2) is 7.07. The molecule has 0 N–H and O–H groups in total. The lowest BCUT2D eigenvalue weighted by Gasteiger charge is -1.98. The van der Waals surface area contributed by atoms with Crippen LogP contribution in [0.5, 0.6) is 0 Å². The van der Waals surface area contributed by atoms with Gasteiger partial charge in [-0.3, -0.25) is 0 Å². The van der Waals surface area contributed by atoms with Gasteiger partial charge in [-0.1, -0.05) is 23.3 Å². The molecule has 2 nitrogen and oxygen atoms in total. The summed E-state index contributed by atoms with van der Waals surface area (Å²) in [5.41, 5.74) is 2.47. The van der Waals surface area contributed by atoms with Gasteiger partial charge in [0.25, 0.3) is 0 Å². The van der Waals surface area contributed by atoms with Crippen molar-refractivity contribution in [3.05, 3.63) is 23.3 Å². The highest BCUT2D eigenvalue weighted by atomic mass is 17.2. The van der Waals surface area contributed by atoms with Crippen molar-refractivity contribution >= 4 is 0 Å². The van der Waals surface area contributed by atoms with Gasteiger partial charge < -0.3 is 0 Å². The SMILES string of the molecule is CC(C)=CCOOCC=C(C)C. The van der Waals surface area contributed by atoms with E-state index in [1.54, 1.807) is 0 Å². The highest BCUT2D eigenvalue weighted by molar-refractivity contribution is 4.93. The molecule has 0 bridgehead atoms. The first-order valence-corrected chi connectivity index (χ1v) is 4.14. The third kappa shape index (κ3) is 9.40. The zero-order valence-electron chi connectivity index (χ0n) is 8.39. The van der Waals surface area contributed by atoms with E-state index in [4.69, 9.17) is 9.78 Å². The maximum Gasteiger partial charge on any atom is 0.101 e. The average molecular weight is 170 g/mol. The molecular weight excluding hydrogens is 152 g/mol. The van der Waals surface area contributed by atoms with Gasteiger partial charge >= 0.3 is 0 Å². The fourth-order valence-corrected chi connectivity index (χ4v) is 0.498. The van der Waals surface area contributed by atoms with E-state index in [2.05, 4.69) is 0 Å². The zero-order chi connectivity index (χ0) is 9.40. The Kier molecular flexibility index (Phi) is 6.72. The highest BCUT2D eigenvalue weighted by Crippen LogP contribution is 1.91. The summed E-state index contributed by atoms with van der Waals surface area (Å²) in [7, 11) is 0. The van der Waals surface area contributed by atoms with E-state index < -0.39 is 0 Å². The quantitative estimate of drug-likeness (QED) is 0.273. The average Bonchev–Trinajstić information content (AvgIpc) is 1.95. The van der Waals surface area contributed by atoms with Gasteiger partial charge in [-0.2, -0.15) is 0 Å². The third-order valence-electron chi connectivity index (χ3n) is 1.20. The summed E-state index contributed by atoms with van der Waals surface area (Å²) < 4.78 is 0. The Bertz CT molecular complexity index is 141. The maximum absolute atomic E-state index is 4.87. The fourth-order valence-electron chi connectivity index (χ4n) is 0.498. The van der Waals surface area contributed by atoms with E-state index in [-0.39, 0.29) is 0 Å². The van der Waals surface area contributed by atoms with Crippen LogP contribution in [0.1, 0.15) is 27.7 Å². The Balaban J connectivity index is 3.23. The predicted octanol–water partition coefficient (Wildman–Crippen LogP) is 2.87. The topological polar surface area (TPSA) is 18.5 Å². The Labute approximate surface area is 74.8 Å². The van der Waals surface area contributed by atoms with Gasteiger partial charge in [-0.05, 0) is 27.7 Å². The zero-order valence-corrected chi connectivity index (χ0v) is 8.39. The van der Waals surface area contributed by atoms with Crippen molar-refractivity contribution in [3.63, 3.8) is 0 Å². The highest BCUT2D eigenvalue weighted by Gasteiger charge is 1.83. The summed E-state index contributed by atoms with van der Waals surface area (Å²) in [6.45, 7) is 9.16. The maximum atomic E-state index is 4.87. The molecule has 2 heteroatoms. The van der Waals surface area contributed by atoms with Crippen molar-refractivity contribution in [1.29, 1.82) is 0 Å². The number of rotatable bonds is 5. The lowest BCUT2D eigenvalue weighted by molar-refractivity contribution is -0.277. The summed E-state index contributed by atoms with van der Waals surface area (Å²) in [5.74, 6) is 0. The first kappa shape index (κ1) is 11.4. The molecule has 0 spiro atoms. The molecule has 0 heterocycles. The van der Waals surface area contributed by atoms with Crippen LogP contribution in [0.25, 0.3) is 0 Å². The summed E-state index contributed by atoms with van der Waals surface area (Å²) in [6, 6.07) is 0. The number of allylic oxidation sites excluding steroid dienone is 2. The van der Waals surface area contributed by atoms with Crippen molar-refractivity contribution in [2.24, 2.45) is 0 Å². The summed E-state index contributed by atoms with van der Waals surface area (Å²) in [5, 5.41) is 0. The van der Waals surface area contributed by atoms with E-state index >= 15 is 0 Å². The fraction of sp³-hybridized carbons (Fsp3) is 0.600. The molecule has 0 aliphatic carbocycles. The molecule has 0 rings (SSSR count). The van der Waals surface area contributed by atoms with Crippen molar-refractivity contribution in [2.45, 2.75) is 27.7 Å². The minimum Gasteiger partial charge on any atom is -0.232 e. The molecule has 0 amide bonds. The Morgan fingerprint density at radius 3 is 1.42 bits per heavy atom. The monoisotopic (exact) mass is 170 g/mol. The van der Waals surface area contributed by atoms with Gasteiger partial charge in [0, 0.05) is 0 Å². The summed E-state index contributed by atoms with van der Waals surface area (Å²) in [6.07, 6.45) is 3.95. The first-order chi connectivity index (χ1) is 5.63. The van der Waals surface area contributed by atoms with E-state index in [0.29, 0.717) is 13.2 Å². The van der Waals surface area contributed by atoms with Crippen molar-refractivity contribution in [1.82, 2.24) is 0 Å². The molecule has 70 valence electrons. The molecule has 0 radical (unpaired) electrons. The minimum atomic E-state index is 0.527. The number of hydrogen-bond acceptors (Lipinski definition) is 2. The van der Waals surface area contributed by atoms with Gasteiger partial charge in [0.15, 0.2) is 0 Å². The van der Waals surface area contributed by atoms with Crippen LogP contribution < -0.4 is 0 Å². The van der Waals surface area contributed by atoms with Crippen LogP contribution in [0, 0.1) is 0 Å². The Hall–Kier alpha value is -0.600. The van der Waals surface area contributed by atoms with E-state index in [1.807, 2.05) is 39.8 Å².